The molecule has 1 aliphatic carbocycles. The highest BCUT2D eigenvalue weighted by atomic mass is 32.1. The molecule has 3 heteroatoms. The Labute approximate surface area is 340 Å². The van der Waals surface area contributed by atoms with Crippen molar-refractivity contribution in [3.8, 4) is 33.4 Å². The summed E-state index contributed by atoms with van der Waals surface area (Å²) in [4.78, 5) is 2.46. The van der Waals surface area contributed by atoms with Crippen molar-refractivity contribution in [2.45, 2.75) is 19.3 Å². The van der Waals surface area contributed by atoms with Gasteiger partial charge >= 0.3 is 0 Å². The number of benzene rings is 9. The average molecular weight is 760 g/mol. The maximum Gasteiger partial charge on any atom is 0.143 e. The standard InChI is InChI=1S/C55H37NOS/c1-55(2)46-19-7-5-14-42(46)43-18-9-20-47(53(43)55)56(38-31-26-36(27-32-38)40-17-11-23-50-52(40)44-15-6-8-22-49(44)58-50)37-29-24-35(25-30-37)39-16-10-21-48-51(39)45-33-28-34-12-3-4-13-41(34)54(45)57-48/h3-33H,1-2H3. The average Bonchev–Trinajstić information content (AvgIpc) is 3.93. The Morgan fingerprint density at radius 3 is 1.84 bits per heavy atom. The van der Waals surface area contributed by atoms with Gasteiger partial charge in [-0.1, -0.05) is 147 Å². The van der Waals surface area contributed by atoms with Crippen LogP contribution < -0.4 is 4.90 Å². The molecular weight excluding hydrogens is 723 g/mol. The zero-order valence-corrected chi connectivity index (χ0v) is 33.0. The number of furan rings is 1. The highest BCUT2D eigenvalue weighted by Gasteiger charge is 2.38. The smallest absolute Gasteiger partial charge is 0.143 e. The Morgan fingerprint density at radius 2 is 1.05 bits per heavy atom. The summed E-state index contributed by atoms with van der Waals surface area (Å²) in [7, 11) is 0. The van der Waals surface area contributed by atoms with E-state index in [1.807, 2.05) is 11.3 Å². The normalized spacial score (nSPS) is 13.1. The van der Waals surface area contributed by atoms with Crippen LogP contribution in [0.3, 0.4) is 0 Å². The lowest BCUT2D eigenvalue weighted by molar-refractivity contribution is 0.661. The van der Waals surface area contributed by atoms with E-state index in [4.69, 9.17) is 4.42 Å². The number of rotatable bonds is 5. The third kappa shape index (κ3) is 4.84. The van der Waals surface area contributed by atoms with Gasteiger partial charge in [-0.25, -0.2) is 0 Å². The summed E-state index contributed by atoms with van der Waals surface area (Å²) in [5.74, 6) is 0. The first kappa shape index (κ1) is 33.2. The fourth-order valence-electron chi connectivity index (χ4n) is 9.82. The molecule has 11 aromatic rings. The minimum Gasteiger partial charge on any atom is -0.455 e. The van der Waals surface area contributed by atoms with Gasteiger partial charge in [-0.2, -0.15) is 0 Å². The van der Waals surface area contributed by atoms with Crippen LogP contribution in [0.25, 0.3) is 86.3 Å². The summed E-state index contributed by atoms with van der Waals surface area (Å²) in [5.41, 5.74) is 15.2. The molecule has 0 N–H and O–H groups in total. The molecule has 0 fully saturated rings. The molecule has 0 aliphatic heterocycles. The van der Waals surface area contributed by atoms with Gasteiger partial charge in [0.15, 0.2) is 0 Å². The number of hydrogen-bond donors (Lipinski definition) is 0. The van der Waals surface area contributed by atoms with Crippen LogP contribution in [0, 0.1) is 0 Å². The maximum absolute atomic E-state index is 6.57. The van der Waals surface area contributed by atoms with Crippen molar-refractivity contribution in [1.29, 1.82) is 0 Å². The molecule has 0 spiro atoms. The molecule has 2 nitrogen and oxygen atoms in total. The van der Waals surface area contributed by atoms with E-state index in [0.29, 0.717) is 0 Å². The highest BCUT2D eigenvalue weighted by molar-refractivity contribution is 7.25. The van der Waals surface area contributed by atoms with E-state index in [-0.39, 0.29) is 5.41 Å². The predicted molar refractivity (Wildman–Crippen MR) is 247 cm³/mol. The molecule has 1 aliphatic rings. The van der Waals surface area contributed by atoms with E-state index < -0.39 is 0 Å². The van der Waals surface area contributed by atoms with Gasteiger partial charge in [0.05, 0.1) is 5.69 Å². The van der Waals surface area contributed by atoms with Crippen molar-refractivity contribution in [3.05, 3.63) is 199 Å². The molecule has 0 unspecified atom stereocenters. The van der Waals surface area contributed by atoms with Crippen LogP contribution in [0.15, 0.2) is 192 Å². The number of anilines is 3. The molecule has 0 radical (unpaired) electrons. The Hall–Kier alpha value is -6.94. The van der Waals surface area contributed by atoms with Gasteiger partial charge in [-0.15, -0.1) is 11.3 Å². The van der Waals surface area contributed by atoms with Gasteiger partial charge in [-0.3, -0.25) is 0 Å². The van der Waals surface area contributed by atoms with E-state index in [9.17, 15) is 0 Å². The molecule has 12 rings (SSSR count). The molecule has 0 amide bonds. The Balaban J connectivity index is 1.02. The first-order chi connectivity index (χ1) is 28.5. The molecule has 9 aromatic carbocycles. The topological polar surface area (TPSA) is 16.4 Å². The maximum atomic E-state index is 6.57. The second-order valence-corrected chi connectivity index (χ2v) is 17.1. The highest BCUT2D eigenvalue weighted by Crippen LogP contribution is 2.54. The number of fused-ring (bicyclic) bond motifs is 11. The lowest BCUT2D eigenvalue weighted by Gasteiger charge is -2.32. The van der Waals surface area contributed by atoms with Crippen molar-refractivity contribution in [2.75, 3.05) is 4.90 Å². The summed E-state index contributed by atoms with van der Waals surface area (Å²) in [6, 6.07) is 68.8. The monoisotopic (exact) mass is 759 g/mol. The van der Waals surface area contributed by atoms with Crippen molar-refractivity contribution < 1.29 is 4.42 Å². The van der Waals surface area contributed by atoms with Crippen molar-refractivity contribution in [3.63, 3.8) is 0 Å². The van der Waals surface area contributed by atoms with E-state index in [1.165, 1.54) is 70.2 Å². The Morgan fingerprint density at radius 1 is 0.448 bits per heavy atom. The Bertz CT molecular complexity index is 3420. The fourth-order valence-corrected chi connectivity index (χ4v) is 11.0. The van der Waals surface area contributed by atoms with E-state index in [0.717, 1.165) is 44.3 Å². The quantitative estimate of drug-likeness (QED) is 0.174. The largest absolute Gasteiger partial charge is 0.455 e. The van der Waals surface area contributed by atoms with Crippen LogP contribution in [0.1, 0.15) is 25.0 Å². The summed E-state index contributed by atoms with van der Waals surface area (Å²) in [6.07, 6.45) is 0. The van der Waals surface area contributed by atoms with Crippen LogP contribution in [0.4, 0.5) is 17.1 Å². The molecule has 0 saturated heterocycles. The zero-order valence-electron chi connectivity index (χ0n) is 32.2. The van der Waals surface area contributed by atoms with Crippen LogP contribution in [0.2, 0.25) is 0 Å². The van der Waals surface area contributed by atoms with Gasteiger partial charge in [-0.05, 0) is 104 Å². The minimum absolute atomic E-state index is 0.182. The van der Waals surface area contributed by atoms with Crippen LogP contribution in [-0.4, -0.2) is 0 Å². The van der Waals surface area contributed by atoms with Gasteiger partial charge in [0.25, 0.3) is 0 Å². The summed E-state index contributed by atoms with van der Waals surface area (Å²) in [6.45, 7) is 4.74. The van der Waals surface area contributed by atoms with Crippen molar-refractivity contribution >= 4 is 81.3 Å². The molecule has 2 heterocycles. The molecule has 0 bridgehead atoms. The summed E-state index contributed by atoms with van der Waals surface area (Å²) in [5, 5.41) is 7.26. The van der Waals surface area contributed by atoms with Gasteiger partial charge in [0.2, 0.25) is 0 Å². The second-order valence-electron chi connectivity index (χ2n) is 16.0. The number of hydrogen-bond acceptors (Lipinski definition) is 3. The van der Waals surface area contributed by atoms with E-state index >= 15 is 0 Å². The van der Waals surface area contributed by atoms with Crippen molar-refractivity contribution in [1.82, 2.24) is 0 Å². The Kier molecular flexibility index (Phi) is 7.18. The van der Waals surface area contributed by atoms with Gasteiger partial charge < -0.3 is 9.32 Å². The van der Waals surface area contributed by atoms with Gasteiger partial charge in [0, 0.05) is 53.1 Å². The second kappa shape index (κ2) is 12.5. The molecular formula is C55H37NOS. The van der Waals surface area contributed by atoms with E-state index in [1.54, 1.807) is 0 Å². The minimum atomic E-state index is -0.182. The van der Waals surface area contributed by atoms with Crippen LogP contribution >= 0.6 is 11.3 Å². The lowest BCUT2D eigenvalue weighted by atomic mass is 9.81. The fraction of sp³-hybridized carbons (Fsp3) is 0.0545. The third-order valence-corrected chi connectivity index (χ3v) is 13.6. The molecule has 0 saturated carbocycles. The summed E-state index contributed by atoms with van der Waals surface area (Å²) >= 11 is 1.87. The summed E-state index contributed by atoms with van der Waals surface area (Å²) < 4.78 is 9.21. The van der Waals surface area contributed by atoms with Crippen LogP contribution in [-0.2, 0) is 5.41 Å². The molecule has 2 aromatic heterocycles. The molecule has 274 valence electrons. The van der Waals surface area contributed by atoms with E-state index in [2.05, 4.69) is 207 Å². The van der Waals surface area contributed by atoms with Crippen LogP contribution in [0.5, 0.6) is 0 Å². The molecule has 0 atom stereocenters. The van der Waals surface area contributed by atoms with Crippen molar-refractivity contribution in [2.24, 2.45) is 0 Å². The predicted octanol–water partition coefficient (Wildman–Crippen LogP) is 16.2. The lowest BCUT2D eigenvalue weighted by Crippen LogP contribution is -2.20. The number of thiophene rings is 1. The number of nitrogens with zero attached hydrogens (tertiary/aromatic N) is 1. The SMILES string of the molecule is CC1(C)c2ccccc2-c2cccc(N(c3ccc(-c4cccc5oc6c7ccccc7ccc6c45)cc3)c3ccc(-c4cccc5sc6ccccc6c45)cc3)c21. The third-order valence-electron chi connectivity index (χ3n) is 12.5. The first-order valence-corrected chi connectivity index (χ1v) is 20.8. The zero-order chi connectivity index (χ0) is 38.5. The van der Waals surface area contributed by atoms with Gasteiger partial charge in [0.1, 0.15) is 11.2 Å². The molecule has 58 heavy (non-hydrogen) atoms. The first-order valence-electron chi connectivity index (χ1n) is 20.0.